The number of aryl methyl sites for hydroxylation is 1. The number of nitrogens with zero attached hydrogens (tertiary/aromatic N) is 2. The maximum Gasteiger partial charge on any atom is 0.276 e. The maximum absolute atomic E-state index is 12.1. The van der Waals surface area contributed by atoms with Gasteiger partial charge in [-0.25, -0.2) is 0 Å². The lowest BCUT2D eigenvalue weighted by molar-refractivity contribution is 0.0224. The zero-order valence-corrected chi connectivity index (χ0v) is 10.0. The summed E-state index contributed by atoms with van der Waals surface area (Å²) in [5.74, 6) is 0.483. The van der Waals surface area contributed by atoms with E-state index in [0.29, 0.717) is 37.8 Å². The van der Waals surface area contributed by atoms with Crippen LogP contribution in [0.1, 0.15) is 16.2 Å². The van der Waals surface area contributed by atoms with Crippen LogP contribution in [-0.2, 0) is 9.47 Å². The first-order chi connectivity index (χ1) is 8.20. The number of amides is 1. The van der Waals surface area contributed by atoms with Gasteiger partial charge in [-0.2, -0.15) is 0 Å². The van der Waals surface area contributed by atoms with Crippen LogP contribution in [0.3, 0.4) is 0 Å². The van der Waals surface area contributed by atoms with E-state index in [-0.39, 0.29) is 12.0 Å². The van der Waals surface area contributed by atoms with Gasteiger partial charge in [0.15, 0.2) is 5.69 Å². The third-order valence-electron chi connectivity index (χ3n) is 2.70. The van der Waals surface area contributed by atoms with Gasteiger partial charge < -0.3 is 18.9 Å². The Morgan fingerprint density at radius 3 is 3.12 bits per heavy atom. The fourth-order valence-electron chi connectivity index (χ4n) is 1.74. The Kier molecular flexibility index (Phi) is 3.75. The van der Waals surface area contributed by atoms with Gasteiger partial charge in [0.25, 0.3) is 5.91 Å². The van der Waals surface area contributed by atoms with E-state index in [4.69, 9.17) is 14.0 Å². The largest absolute Gasteiger partial charge is 0.377 e. The molecule has 0 spiro atoms. The zero-order valence-electron chi connectivity index (χ0n) is 10.0. The van der Waals surface area contributed by atoms with Gasteiger partial charge in [-0.15, -0.1) is 0 Å². The van der Waals surface area contributed by atoms with Crippen molar-refractivity contribution in [3.8, 4) is 0 Å². The number of rotatable bonds is 2. The van der Waals surface area contributed by atoms with Gasteiger partial charge in [-0.1, -0.05) is 5.16 Å². The van der Waals surface area contributed by atoms with Crippen molar-refractivity contribution < 1.29 is 18.8 Å². The van der Waals surface area contributed by atoms with Crippen molar-refractivity contribution in [2.75, 3.05) is 33.4 Å². The summed E-state index contributed by atoms with van der Waals surface area (Å²) in [6.45, 7) is 3.85. The highest BCUT2D eigenvalue weighted by molar-refractivity contribution is 5.92. The van der Waals surface area contributed by atoms with Gasteiger partial charge >= 0.3 is 0 Å². The average molecular weight is 240 g/mol. The monoisotopic (exact) mass is 240 g/mol. The molecule has 1 saturated heterocycles. The van der Waals surface area contributed by atoms with Crippen LogP contribution < -0.4 is 0 Å². The number of carbonyl (C=O) groups is 1. The van der Waals surface area contributed by atoms with E-state index in [1.165, 1.54) is 0 Å². The highest BCUT2D eigenvalue weighted by Gasteiger charge is 2.24. The zero-order chi connectivity index (χ0) is 12.3. The Labute approximate surface area is 99.5 Å². The standard InChI is InChI=1S/C11H16N2O4/c1-8-5-10(12-17-8)11(14)13-3-4-16-7-9(6-13)15-2/h5,9H,3-4,6-7H2,1-2H3/t9-/m1/s1. The summed E-state index contributed by atoms with van der Waals surface area (Å²) >= 11 is 0. The Bertz CT molecular complexity index is 391. The summed E-state index contributed by atoms with van der Waals surface area (Å²) in [5, 5.41) is 3.72. The second-order valence-corrected chi connectivity index (χ2v) is 4.01. The Morgan fingerprint density at radius 2 is 2.47 bits per heavy atom. The van der Waals surface area contributed by atoms with Crippen molar-refractivity contribution in [2.45, 2.75) is 13.0 Å². The van der Waals surface area contributed by atoms with E-state index in [0.717, 1.165) is 0 Å². The minimum absolute atomic E-state index is 0.0885. The molecule has 0 N–H and O–H groups in total. The van der Waals surface area contributed by atoms with Crippen LogP contribution in [0, 0.1) is 6.92 Å². The predicted molar refractivity (Wildman–Crippen MR) is 58.8 cm³/mol. The van der Waals surface area contributed by atoms with Gasteiger partial charge in [-0.3, -0.25) is 4.79 Å². The molecule has 2 heterocycles. The van der Waals surface area contributed by atoms with Gasteiger partial charge in [0.1, 0.15) is 5.76 Å². The molecule has 6 nitrogen and oxygen atoms in total. The second kappa shape index (κ2) is 5.29. The molecule has 1 aromatic rings. The molecule has 1 aliphatic heterocycles. The fraction of sp³-hybridized carbons (Fsp3) is 0.636. The van der Waals surface area contributed by atoms with Crippen LogP contribution in [0.4, 0.5) is 0 Å². The molecule has 1 fully saturated rings. The lowest BCUT2D eigenvalue weighted by atomic mass is 10.3. The van der Waals surface area contributed by atoms with E-state index in [1.807, 2.05) is 0 Å². The number of aromatic nitrogens is 1. The topological polar surface area (TPSA) is 64.8 Å². The molecule has 1 atom stereocenters. The van der Waals surface area contributed by atoms with Crippen molar-refractivity contribution in [3.63, 3.8) is 0 Å². The van der Waals surface area contributed by atoms with Crippen LogP contribution in [-0.4, -0.2) is 55.5 Å². The van der Waals surface area contributed by atoms with Crippen LogP contribution in [0.15, 0.2) is 10.6 Å². The van der Waals surface area contributed by atoms with Crippen LogP contribution in [0.5, 0.6) is 0 Å². The van der Waals surface area contributed by atoms with E-state index in [9.17, 15) is 4.79 Å². The second-order valence-electron chi connectivity index (χ2n) is 4.01. The first-order valence-corrected chi connectivity index (χ1v) is 5.54. The van der Waals surface area contributed by atoms with Crippen molar-refractivity contribution >= 4 is 5.91 Å². The minimum Gasteiger partial charge on any atom is -0.377 e. The van der Waals surface area contributed by atoms with Crippen molar-refractivity contribution in [1.29, 1.82) is 0 Å². The summed E-state index contributed by atoms with van der Waals surface area (Å²) in [6.07, 6.45) is -0.0885. The first kappa shape index (κ1) is 12.1. The summed E-state index contributed by atoms with van der Waals surface area (Å²) in [7, 11) is 1.61. The molecule has 1 amide bonds. The quantitative estimate of drug-likeness (QED) is 0.752. The molecule has 6 heteroatoms. The molecular formula is C11H16N2O4. The van der Waals surface area contributed by atoms with E-state index < -0.39 is 0 Å². The lowest BCUT2D eigenvalue weighted by Crippen LogP contribution is -2.38. The smallest absolute Gasteiger partial charge is 0.276 e. The minimum atomic E-state index is -0.144. The Balaban J connectivity index is 2.07. The number of carbonyl (C=O) groups excluding carboxylic acids is 1. The summed E-state index contributed by atoms with van der Waals surface area (Å²) < 4.78 is 15.5. The molecule has 0 unspecified atom stereocenters. The Hall–Kier alpha value is -1.40. The number of ether oxygens (including phenoxy) is 2. The molecule has 94 valence electrons. The van der Waals surface area contributed by atoms with Crippen molar-refractivity contribution in [2.24, 2.45) is 0 Å². The SMILES string of the molecule is CO[C@H]1COCCN(C(=O)c2cc(C)on2)C1. The average Bonchev–Trinajstić information content (AvgIpc) is 2.64. The molecule has 0 bridgehead atoms. The molecule has 1 aliphatic rings. The van der Waals surface area contributed by atoms with Crippen LogP contribution in [0.25, 0.3) is 0 Å². The summed E-state index contributed by atoms with van der Waals surface area (Å²) in [6, 6.07) is 1.63. The maximum atomic E-state index is 12.1. The number of hydrogen-bond acceptors (Lipinski definition) is 5. The first-order valence-electron chi connectivity index (χ1n) is 5.54. The molecule has 1 aromatic heterocycles. The molecule has 0 saturated carbocycles. The third-order valence-corrected chi connectivity index (χ3v) is 2.70. The van der Waals surface area contributed by atoms with Gasteiger partial charge in [0.05, 0.1) is 19.3 Å². The van der Waals surface area contributed by atoms with Crippen LogP contribution >= 0.6 is 0 Å². The van der Waals surface area contributed by atoms with Crippen molar-refractivity contribution in [1.82, 2.24) is 10.1 Å². The molecule has 0 aromatic carbocycles. The third kappa shape index (κ3) is 2.83. The van der Waals surface area contributed by atoms with E-state index in [1.54, 1.807) is 25.0 Å². The van der Waals surface area contributed by atoms with E-state index in [2.05, 4.69) is 5.16 Å². The summed E-state index contributed by atoms with van der Waals surface area (Å²) in [5.41, 5.74) is 0.333. The fourth-order valence-corrected chi connectivity index (χ4v) is 1.74. The molecule has 0 radical (unpaired) electrons. The molecule has 17 heavy (non-hydrogen) atoms. The Morgan fingerprint density at radius 1 is 1.65 bits per heavy atom. The summed E-state index contributed by atoms with van der Waals surface area (Å²) in [4.78, 5) is 13.8. The lowest BCUT2D eigenvalue weighted by Gasteiger charge is -2.21. The highest BCUT2D eigenvalue weighted by atomic mass is 16.5. The number of methoxy groups -OCH3 is 1. The van der Waals surface area contributed by atoms with Crippen molar-refractivity contribution in [3.05, 3.63) is 17.5 Å². The van der Waals surface area contributed by atoms with E-state index >= 15 is 0 Å². The van der Waals surface area contributed by atoms with Gasteiger partial charge in [-0.05, 0) is 6.92 Å². The predicted octanol–water partition coefficient (Wildman–Crippen LogP) is 0.470. The van der Waals surface area contributed by atoms with Gasteiger partial charge in [0, 0.05) is 26.3 Å². The van der Waals surface area contributed by atoms with Gasteiger partial charge in [0.2, 0.25) is 0 Å². The molecule has 0 aliphatic carbocycles. The normalized spacial score (nSPS) is 21.3. The number of hydrogen-bond donors (Lipinski definition) is 0. The highest BCUT2D eigenvalue weighted by Crippen LogP contribution is 2.09. The van der Waals surface area contributed by atoms with Crippen LogP contribution in [0.2, 0.25) is 0 Å². The molecular weight excluding hydrogens is 224 g/mol. The molecule has 2 rings (SSSR count).